The van der Waals surface area contributed by atoms with Gasteiger partial charge in [-0.05, 0) is 70.3 Å². The van der Waals surface area contributed by atoms with E-state index in [4.69, 9.17) is 4.98 Å². The molecule has 0 saturated heterocycles. The molecule has 2 aromatic heterocycles. The fourth-order valence-corrected chi connectivity index (χ4v) is 5.53. The first-order chi connectivity index (χ1) is 16.8. The summed E-state index contributed by atoms with van der Waals surface area (Å²) in [6.45, 7) is 6.73. The summed E-state index contributed by atoms with van der Waals surface area (Å²) < 4.78 is 4.41. The van der Waals surface area contributed by atoms with Crippen LogP contribution in [0.2, 0.25) is 0 Å². The molecule has 0 unspecified atom stereocenters. The van der Waals surface area contributed by atoms with Crippen LogP contribution in [0.4, 0.5) is 0 Å². The third kappa shape index (κ3) is 3.78. The summed E-state index contributed by atoms with van der Waals surface area (Å²) in [6.07, 6.45) is 3.65. The first-order valence-electron chi connectivity index (χ1n) is 11.6. The normalized spacial score (nSPS) is 12.1. The third-order valence-corrected chi connectivity index (χ3v) is 7.56. The van der Waals surface area contributed by atoms with Crippen LogP contribution < -0.4 is 0 Å². The Morgan fingerprint density at radius 2 is 1.29 bits per heavy atom. The number of nitrogens with zero attached hydrogens (tertiary/aromatic N) is 3. The highest BCUT2D eigenvalue weighted by Crippen LogP contribution is 2.40. The Morgan fingerprint density at radius 1 is 0.686 bits per heavy atom. The fourth-order valence-electron chi connectivity index (χ4n) is 4.80. The topological polar surface area (TPSA) is 30.7 Å². The van der Waals surface area contributed by atoms with Crippen molar-refractivity contribution >= 4 is 64.4 Å². The number of hydrogen-bond acceptors (Lipinski definition) is 2. The Morgan fingerprint density at radius 3 is 1.91 bits per heavy atom. The standard InChI is InChI=1S/C30H23Br2N3/c1-30(2,3)19-4-8-22(9-5-19)35-28-24-11-7-21(32)17-26(24)25-16-20(31)6-10-23(25)27(28)34-29(35)18-12-14-33-15-13-18/h4-17H,1-3H3. The van der Waals surface area contributed by atoms with E-state index in [0.29, 0.717) is 0 Å². The Bertz CT molecular complexity index is 1730. The molecule has 5 heteroatoms. The molecule has 0 radical (unpaired) electrons. The lowest BCUT2D eigenvalue weighted by Gasteiger charge is -2.20. The van der Waals surface area contributed by atoms with Gasteiger partial charge in [-0.15, -0.1) is 0 Å². The van der Waals surface area contributed by atoms with Gasteiger partial charge in [0.25, 0.3) is 0 Å². The average Bonchev–Trinajstić information content (AvgIpc) is 3.25. The predicted molar refractivity (Wildman–Crippen MR) is 153 cm³/mol. The highest BCUT2D eigenvalue weighted by atomic mass is 79.9. The number of pyridine rings is 1. The quantitative estimate of drug-likeness (QED) is 0.190. The first-order valence-corrected chi connectivity index (χ1v) is 13.1. The van der Waals surface area contributed by atoms with Crippen LogP contribution >= 0.6 is 31.9 Å². The van der Waals surface area contributed by atoms with Crippen molar-refractivity contribution in [2.24, 2.45) is 0 Å². The van der Waals surface area contributed by atoms with E-state index in [2.05, 4.69) is 123 Å². The van der Waals surface area contributed by atoms with Gasteiger partial charge in [0.2, 0.25) is 0 Å². The maximum Gasteiger partial charge on any atom is 0.145 e. The monoisotopic (exact) mass is 583 g/mol. The van der Waals surface area contributed by atoms with Gasteiger partial charge in [0.15, 0.2) is 0 Å². The molecule has 0 fully saturated rings. The largest absolute Gasteiger partial charge is 0.292 e. The molecule has 0 aliphatic rings. The van der Waals surface area contributed by atoms with Gasteiger partial charge in [-0.2, -0.15) is 0 Å². The highest BCUT2D eigenvalue weighted by Gasteiger charge is 2.21. The van der Waals surface area contributed by atoms with Crippen molar-refractivity contribution in [2.45, 2.75) is 26.2 Å². The molecule has 0 atom stereocenters. The third-order valence-electron chi connectivity index (χ3n) is 6.57. The van der Waals surface area contributed by atoms with Crippen molar-refractivity contribution in [1.29, 1.82) is 0 Å². The average molecular weight is 585 g/mol. The van der Waals surface area contributed by atoms with Crippen LogP contribution in [0, 0.1) is 0 Å². The summed E-state index contributed by atoms with van der Waals surface area (Å²) in [6, 6.07) is 25.9. The van der Waals surface area contributed by atoms with Gasteiger partial charge in [0.1, 0.15) is 5.82 Å². The second-order valence-electron chi connectivity index (χ2n) is 9.88. The van der Waals surface area contributed by atoms with Gasteiger partial charge in [-0.1, -0.05) is 76.9 Å². The Balaban J connectivity index is 1.80. The minimum Gasteiger partial charge on any atom is -0.292 e. The predicted octanol–water partition coefficient (Wildman–Crippen LogP) is 9.22. The molecule has 6 rings (SSSR count). The summed E-state index contributed by atoms with van der Waals surface area (Å²) in [5, 5.41) is 4.67. The fraction of sp³-hybridized carbons (Fsp3) is 0.133. The molecule has 172 valence electrons. The van der Waals surface area contributed by atoms with Crippen molar-refractivity contribution in [3.05, 3.63) is 99.7 Å². The van der Waals surface area contributed by atoms with Crippen molar-refractivity contribution in [3.63, 3.8) is 0 Å². The van der Waals surface area contributed by atoms with Gasteiger partial charge in [0, 0.05) is 43.4 Å². The zero-order valence-corrected chi connectivity index (χ0v) is 22.9. The van der Waals surface area contributed by atoms with Crippen LogP contribution in [0.25, 0.3) is 49.7 Å². The summed E-state index contributed by atoms with van der Waals surface area (Å²) in [4.78, 5) is 9.51. The van der Waals surface area contributed by atoms with E-state index in [1.807, 2.05) is 24.5 Å². The van der Waals surface area contributed by atoms with Crippen molar-refractivity contribution < 1.29 is 0 Å². The van der Waals surface area contributed by atoms with E-state index >= 15 is 0 Å². The second kappa shape index (κ2) is 8.28. The lowest BCUT2D eigenvalue weighted by molar-refractivity contribution is 0.590. The van der Waals surface area contributed by atoms with E-state index in [0.717, 1.165) is 42.4 Å². The molecule has 0 aliphatic heterocycles. The van der Waals surface area contributed by atoms with Gasteiger partial charge in [0.05, 0.1) is 11.0 Å². The minimum absolute atomic E-state index is 0.0893. The Hall–Kier alpha value is -3.02. The molecule has 0 amide bonds. The van der Waals surface area contributed by atoms with E-state index in [9.17, 15) is 0 Å². The van der Waals surface area contributed by atoms with Crippen molar-refractivity contribution in [3.8, 4) is 17.1 Å². The van der Waals surface area contributed by atoms with Crippen molar-refractivity contribution in [1.82, 2.24) is 14.5 Å². The smallest absolute Gasteiger partial charge is 0.145 e. The van der Waals surface area contributed by atoms with Crippen LogP contribution in [-0.2, 0) is 5.41 Å². The number of imidazole rings is 1. The van der Waals surface area contributed by atoms with Crippen LogP contribution in [-0.4, -0.2) is 14.5 Å². The zero-order chi connectivity index (χ0) is 24.3. The maximum absolute atomic E-state index is 5.27. The minimum atomic E-state index is 0.0893. The van der Waals surface area contributed by atoms with Gasteiger partial charge in [-0.3, -0.25) is 9.55 Å². The van der Waals surface area contributed by atoms with Gasteiger partial charge >= 0.3 is 0 Å². The molecule has 0 N–H and O–H groups in total. The molecule has 0 bridgehead atoms. The summed E-state index contributed by atoms with van der Waals surface area (Å²) in [7, 11) is 0. The number of aromatic nitrogens is 3. The van der Waals surface area contributed by atoms with Gasteiger partial charge in [-0.25, -0.2) is 4.98 Å². The summed E-state index contributed by atoms with van der Waals surface area (Å²) in [5.41, 5.74) is 5.62. The maximum atomic E-state index is 5.27. The molecule has 2 heterocycles. The number of rotatable bonds is 2. The molecule has 6 aromatic rings. The molecule has 0 saturated carbocycles. The summed E-state index contributed by atoms with van der Waals surface area (Å²) >= 11 is 7.36. The van der Waals surface area contributed by atoms with Crippen LogP contribution in [0.15, 0.2) is 94.1 Å². The Labute approximate surface area is 221 Å². The number of benzene rings is 4. The van der Waals surface area contributed by atoms with Crippen LogP contribution in [0.3, 0.4) is 0 Å². The number of halogens is 2. The van der Waals surface area contributed by atoms with Gasteiger partial charge < -0.3 is 0 Å². The SMILES string of the molecule is CC(C)(C)c1ccc(-n2c(-c3ccncc3)nc3c4ccc(Br)cc4c4cc(Br)ccc4c32)cc1. The molecule has 4 aromatic carbocycles. The van der Waals surface area contributed by atoms with Crippen molar-refractivity contribution in [2.75, 3.05) is 0 Å². The Kier molecular flexibility index (Phi) is 5.31. The first kappa shape index (κ1) is 22.4. The molecule has 3 nitrogen and oxygen atoms in total. The molecular weight excluding hydrogens is 562 g/mol. The number of hydrogen-bond donors (Lipinski definition) is 0. The van der Waals surface area contributed by atoms with E-state index in [1.54, 1.807) is 0 Å². The lowest BCUT2D eigenvalue weighted by Crippen LogP contribution is -2.11. The van der Waals surface area contributed by atoms with Crippen LogP contribution in [0.5, 0.6) is 0 Å². The van der Waals surface area contributed by atoms with E-state index in [-0.39, 0.29) is 5.41 Å². The molecule has 0 spiro atoms. The van der Waals surface area contributed by atoms with E-state index in [1.165, 1.54) is 21.7 Å². The number of fused-ring (bicyclic) bond motifs is 6. The molecular formula is C30H23Br2N3. The highest BCUT2D eigenvalue weighted by molar-refractivity contribution is 9.10. The van der Waals surface area contributed by atoms with Crippen LogP contribution in [0.1, 0.15) is 26.3 Å². The second-order valence-corrected chi connectivity index (χ2v) is 11.7. The lowest BCUT2D eigenvalue weighted by atomic mass is 9.87. The molecule has 0 aliphatic carbocycles. The summed E-state index contributed by atoms with van der Waals surface area (Å²) in [5.74, 6) is 0.908. The molecule has 35 heavy (non-hydrogen) atoms. The van der Waals surface area contributed by atoms with E-state index < -0.39 is 0 Å². The zero-order valence-electron chi connectivity index (χ0n) is 19.7.